The van der Waals surface area contributed by atoms with Crippen LogP contribution in [0.25, 0.3) is 33.4 Å². The van der Waals surface area contributed by atoms with E-state index in [1.54, 1.807) is 30.0 Å². The summed E-state index contributed by atoms with van der Waals surface area (Å²) in [7, 11) is 0. The highest BCUT2D eigenvalue weighted by Gasteiger charge is 2.17. The summed E-state index contributed by atoms with van der Waals surface area (Å²) in [5.74, 6) is 0.573. The minimum absolute atomic E-state index is 0.0434. The Balaban J connectivity index is 2.04. The highest BCUT2D eigenvalue weighted by atomic mass is 35.5. The molecule has 3 aromatic carbocycles. The third-order valence-electron chi connectivity index (χ3n) is 4.28. The molecule has 0 saturated heterocycles. The van der Waals surface area contributed by atoms with Gasteiger partial charge in [-0.3, -0.25) is 4.79 Å². The van der Waals surface area contributed by atoms with Crippen LogP contribution in [0.4, 0.5) is 0 Å². The molecule has 0 aliphatic carbocycles. The Kier molecular flexibility index (Phi) is 4.58. The zero-order valence-electron chi connectivity index (χ0n) is 14.0. The molecule has 4 aromatic rings. The second-order valence-electron chi connectivity index (χ2n) is 5.87. The average Bonchev–Trinajstić information content (AvgIpc) is 2.69. The maximum Gasteiger partial charge on any atom is 0.201 e. The predicted molar refractivity (Wildman–Crippen MR) is 110 cm³/mol. The lowest BCUT2D eigenvalue weighted by molar-refractivity contribution is 0.620. The van der Waals surface area contributed by atoms with Gasteiger partial charge in [0.1, 0.15) is 11.3 Å². The fraction of sp³-hybridized carbons (Fsp3) is 0.0455. The molecule has 0 bridgehead atoms. The van der Waals surface area contributed by atoms with Crippen molar-refractivity contribution >= 4 is 34.3 Å². The van der Waals surface area contributed by atoms with E-state index in [-0.39, 0.29) is 5.43 Å². The molecule has 0 saturated carbocycles. The Morgan fingerprint density at radius 3 is 2.19 bits per heavy atom. The van der Waals surface area contributed by atoms with Crippen molar-refractivity contribution in [2.24, 2.45) is 0 Å². The third-order valence-corrected chi connectivity index (χ3v) is 5.28. The number of hydrogen-bond acceptors (Lipinski definition) is 3. The van der Waals surface area contributed by atoms with Crippen LogP contribution in [0.15, 0.2) is 86.9 Å². The summed E-state index contributed by atoms with van der Waals surface area (Å²) in [6.07, 6.45) is 2.03. The van der Waals surface area contributed by atoms with Crippen LogP contribution < -0.4 is 5.43 Å². The molecule has 1 heterocycles. The van der Waals surface area contributed by atoms with Gasteiger partial charge in [0.2, 0.25) is 5.43 Å². The summed E-state index contributed by atoms with van der Waals surface area (Å²) in [4.78, 5) is 14.4. The highest BCUT2D eigenvalue weighted by molar-refractivity contribution is 7.98. The SMILES string of the molecule is CSc1ccc(-c2oc3ccccc3c(=O)c2-c2ccc(Cl)cc2)cc1. The number of rotatable bonds is 3. The fourth-order valence-electron chi connectivity index (χ4n) is 2.97. The number of fused-ring (bicyclic) bond motifs is 1. The number of thioether (sulfide) groups is 1. The van der Waals surface area contributed by atoms with Gasteiger partial charge in [-0.05, 0) is 48.2 Å². The molecule has 1 aromatic heterocycles. The molecule has 2 nitrogen and oxygen atoms in total. The molecule has 0 aliphatic heterocycles. The highest BCUT2D eigenvalue weighted by Crippen LogP contribution is 2.33. The van der Waals surface area contributed by atoms with Crippen LogP contribution >= 0.6 is 23.4 Å². The zero-order chi connectivity index (χ0) is 18.1. The molecule has 4 heteroatoms. The van der Waals surface area contributed by atoms with Gasteiger partial charge in [-0.2, -0.15) is 0 Å². The lowest BCUT2D eigenvalue weighted by Crippen LogP contribution is -2.07. The predicted octanol–water partition coefficient (Wildman–Crippen LogP) is 6.50. The molecule has 0 spiro atoms. The van der Waals surface area contributed by atoms with Crippen LogP contribution in [-0.4, -0.2) is 6.26 Å². The summed E-state index contributed by atoms with van der Waals surface area (Å²) < 4.78 is 6.18. The molecule has 0 atom stereocenters. The Hall–Kier alpha value is -2.49. The summed E-state index contributed by atoms with van der Waals surface area (Å²) >= 11 is 7.69. The van der Waals surface area contributed by atoms with E-state index in [0.29, 0.717) is 27.3 Å². The van der Waals surface area contributed by atoms with Gasteiger partial charge in [-0.1, -0.05) is 48.0 Å². The maximum atomic E-state index is 13.2. The molecule has 4 rings (SSSR count). The first kappa shape index (κ1) is 17.0. The van der Waals surface area contributed by atoms with Crippen molar-refractivity contribution in [2.45, 2.75) is 4.90 Å². The van der Waals surface area contributed by atoms with Crippen molar-refractivity contribution in [2.75, 3.05) is 6.26 Å². The Morgan fingerprint density at radius 2 is 1.50 bits per heavy atom. The minimum atomic E-state index is -0.0434. The van der Waals surface area contributed by atoms with Crippen LogP contribution in [0.2, 0.25) is 5.02 Å². The van der Waals surface area contributed by atoms with E-state index >= 15 is 0 Å². The lowest BCUT2D eigenvalue weighted by Gasteiger charge is -2.11. The monoisotopic (exact) mass is 378 g/mol. The van der Waals surface area contributed by atoms with Gasteiger partial charge in [-0.15, -0.1) is 11.8 Å². The third kappa shape index (κ3) is 3.05. The molecule has 0 radical (unpaired) electrons. The molecule has 26 heavy (non-hydrogen) atoms. The van der Waals surface area contributed by atoms with Crippen molar-refractivity contribution in [3.05, 3.63) is 88.0 Å². The molecular weight excluding hydrogens is 364 g/mol. The summed E-state index contributed by atoms with van der Waals surface area (Å²) in [6.45, 7) is 0. The zero-order valence-corrected chi connectivity index (χ0v) is 15.6. The number of benzene rings is 3. The van der Waals surface area contributed by atoms with Crippen molar-refractivity contribution in [1.29, 1.82) is 0 Å². The first-order chi connectivity index (χ1) is 12.7. The van der Waals surface area contributed by atoms with E-state index in [1.807, 2.05) is 60.9 Å². The van der Waals surface area contributed by atoms with Crippen LogP contribution in [0.5, 0.6) is 0 Å². The number of halogens is 1. The molecule has 0 aliphatic rings. The standard InChI is InChI=1S/C22H15ClO2S/c1-26-17-12-8-15(9-13-17)22-20(14-6-10-16(23)11-7-14)21(24)18-4-2-3-5-19(18)25-22/h2-13H,1H3. The van der Waals surface area contributed by atoms with E-state index in [9.17, 15) is 4.79 Å². The second kappa shape index (κ2) is 7.02. The van der Waals surface area contributed by atoms with Crippen molar-refractivity contribution in [1.82, 2.24) is 0 Å². The van der Waals surface area contributed by atoms with E-state index in [4.69, 9.17) is 16.0 Å². The smallest absolute Gasteiger partial charge is 0.201 e. The lowest BCUT2D eigenvalue weighted by atomic mass is 9.98. The Bertz CT molecular complexity index is 1130. The summed E-state index contributed by atoms with van der Waals surface area (Å²) in [5, 5.41) is 1.20. The molecule has 128 valence electrons. The van der Waals surface area contributed by atoms with Crippen LogP contribution in [-0.2, 0) is 0 Å². The van der Waals surface area contributed by atoms with Crippen molar-refractivity contribution in [3.8, 4) is 22.5 Å². The number of hydrogen-bond donors (Lipinski definition) is 0. The summed E-state index contributed by atoms with van der Waals surface area (Å²) in [5.41, 5.74) is 2.75. The van der Waals surface area contributed by atoms with E-state index in [1.165, 1.54) is 0 Å². The van der Waals surface area contributed by atoms with E-state index in [0.717, 1.165) is 16.0 Å². The Morgan fingerprint density at radius 1 is 0.846 bits per heavy atom. The first-order valence-corrected chi connectivity index (χ1v) is 9.74. The molecule has 0 N–H and O–H groups in total. The summed E-state index contributed by atoms with van der Waals surface area (Å²) in [6, 6.07) is 22.6. The van der Waals surface area contributed by atoms with Gasteiger partial charge in [0.15, 0.2) is 0 Å². The normalized spacial score (nSPS) is 11.0. The van der Waals surface area contributed by atoms with Gasteiger partial charge in [0, 0.05) is 15.5 Å². The Labute approximate surface area is 160 Å². The van der Waals surface area contributed by atoms with Gasteiger partial charge in [-0.25, -0.2) is 0 Å². The van der Waals surface area contributed by atoms with Gasteiger partial charge < -0.3 is 4.42 Å². The largest absolute Gasteiger partial charge is 0.455 e. The molecular formula is C22H15ClO2S. The minimum Gasteiger partial charge on any atom is -0.455 e. The molecule has 0 amide bonds. The topological polar surface area (TPSA) is 30.2 Å². The van der Waals surface area contributed by atoms with Gasteiger partial charge in [0.05, 0.1) is 10.9 Å². The number of para-hydroxylation sites is 1. The van der Waals surface area contributed by atoms with E-state index < -0.39 is 0 Å². The van der Waals surface area contributed by atoms with Crippen molar-refractivity contribution < 1.29 is 4.42 Å². The van der Waals surface area contributed by atoms with Gasteiger partial charge >= 0.3 is 0 Å². The van der Waals surface area contributed by atoms with Crippen molar-refractivity contribution in [3.63, 3.8) is 0 Å². The molecule has 0 unspecified atom stereocenters. The van der Waals surface area contributed by atoms with Gasteiger partial charge in [0.25, 0.3) is 0 Å². The van der Waals surface area contributed by atoms with E-state index in [2.05, 4.69) is 0 Å². The maximum absolute atomic E-state index is 13.2. The quantitative estimate of drug-likeness (QED) is 0.381. The fourth-order valence-corrected chi connectivity index (χ4v) is 3.50. The second-order valence-corrected chi connectivity index (χ2v) is 7.18. The average molecular weight is 379 g/mol. The van der Waals surface area contributed by atoms with Crippen LogP contribution in [0.1, 0.15) is 0 Å². The van der Waals surface area contributed by atoms with Crippen LogP contribution in [0, 0.1) is 0 Å². The first-order valence-electron chi connectivity index (χ1n) is 8.13. The molecule has 0 fully saturated rings. The van der Waals surface area contributed by atoms with Crippen LogP contribution in [0.3, 0.4) is 0 Å².